The standard InChI is InChI=1S/C14H15NO3/c1-2-3-8-15-12-6-4-11(14(17)18)9-10(12)5-7-13(15)16/h2,4,6,9H,1,3,5,7-8H2,(H,17,18). The van der Waals surface area contributed by atoms with Crippen LogP contribution in [0.3, 0.4) is 0 Å². The lowest BCUT2D eigenvalue weighted by Gasteiger charge is -2.29. The normalized spacial score (nSPS) is 14.2. The molecule has 4 heteroatoms. The number of carboxylic acid groups (broad SMARTS) is 1. The lowest BCUT2D eigenvalue weighted by Crippen LogP contribution is -2.35. The Kier molecular flexibility index (Phi) is 3.46. The van der Waals surface area contributed by atoms with E-state index in [0.29, 0.717) is 19.4 Å². The van der Waals surface area contributed by atoms with Gasteiger partial charge in [-0.1, -0.05) is 6.08 Å². The van der Waals surface area contributed by atoms with E-state index < -0.39 is 5.97 Å². The number of carbonyl (C=O) groups is 2. The van der Waals surface area contributed by atoms with E-state index >= 15 is 0 Å². The predicted molar refractivity (Wildman–Crippen MR) is 68.9 cm³/mol. The van der Waals surface area contributed by atoms with Gasteiger partial charge in [-0.25, -0.2) is 4.79 Å². The second-order valence-electron chi connectivity index (χ2n) is 4.27. The SMILES string of the molecule is C=CCCN1C(=O)CCc2cc(C(=O)O)ccc21. The molecule has 0 aromatic heterocycles. The highest BCUT2D eigenvalue weighted by molar-refractivity contribution is 5.97. The summed E-state index contributed by atoms with van der Waals surface area (Å²) in [5.74, 6) is -0.847. The average molecular weight is 245 g/mol. The van der Waals surface area contributed by atoms with Gasteiger partial charge >= 0.3 is 5.97 Å². The highest BCUT2D eigenvalue weighted by Crippen LogP contribution is 2.28. The molecule has 0 bridgehead atoms. The molecule has 2 rings (SSSR count). The van der Waals surface area contributed by atoms with Crippen molar-refractivity contribution >= 4 is 17.6 Å². The summed E-state index contributed by atoms with van der Waals surface area (Å²) in [6, 6.07) is 4.92. The third-order valence-corrected chi connectivity index (χ3v) is 3.08. The zero-order chi connectivity index (χ0) is 13.1. The summed E-state index contributed by atoms with van der Waals surface area (Å²) >= 11 is 0. The van der Waals surface area contributed by atoms with Crippen LogP contribution in [0.4, 0.5) is 5.69 Å². The van der Waals surface area contributed by atoms with Gasteiger partial charge in [-0.2, -0.15) is 0 Å². The van der Waals surface area contributed by atoms with Crippen molar-refractivity contribution in [3.8, 4) is 0 Å². The third kappa shape index (κ3) is 2.27. The van der Waals surface area contributed by atoms with Crippen molar-refractivity contribution in [2.24, 2.45) is 0 Å². The number of carboxylic acids is 1. The number of nitrogens with zero attached hydrogens (tertiary/aromatic N) is 1. The van der Waals surface area contributed by atoms with E-state index in [-0.39, 0.29) is 11.5 Å². The van der Waals surface area contributed by atoms with Gasteiger partial charge in [-0.15, -0.1) is 6.58 Å². The van der Waals surface area contributed by atoms with Crippen LogP contribution in [0.5, 0.6) is 0 Å². The van der Waals surface area contributed by atoms with Crippen LogP contribution in [0.25, 0.3) is 0 Å². The molecule has 0 saturated heterocycles. The molecule has 1 heterocycles. The first-order valence-electron chi connectivity index (χ1n) is 5.91. The molecule has 1 aliphatic heterocycles. The van der Waals surface area contributed by atoms with Gasteiger partial charge in [0.15, 0.2) is 0 Å². The van der Waals surface area contributed by atoms with Crippen molar-refractivity contribution in [2.45, 2.75) is 19.3 Å². The molecule has 1 N–H and O–H groups in total. The van der Waals surface area contributed by atoms with Crippen LogP contribution in [0.1, 0.15) is 28.8 Å². The van der Waals surface area contributed by atoms with Crippen molar-refractivity contribution in [1.29, 1.82) is 0 Å². The Morgan fingerprint density at radius 2 is 2.22 bits per heavy atom. The second-order valence-corrected chi connectivity index (χ2v) is 4.27. The van der Waals surface area contributed by atoms with Crippen LogP contribution < -0.4 is 4.90 Å². The molecule has 18 heavy (non-hydrogen) atoms. The lowest BCUT2D eigenvalue weighted by atomic mass is 9.98. The summed E-state index contributed by atoms with van der Waals surface area (Å²) < 4.78 is 0. The fraction of sp³-hybridized carbons (Fsp3) is 0.286. The van der Waals surface area contributed by atoms with E-state index in [2.05, 4.69) is 6.58 Å². The second kappa shape index (κ2) is 5.04. The summed E-state index contributed by atoms with van der Waals surface area (Å²) in [4.78, 5) is 24.5. The van der Waals surface area contributed by atoms with Crippen LogP contribution >= 0.6 is 0 Å². The largest absolute Gasteiger partial charge is 0.478 e. The minimum absolute atomic E-state index is 0.0902. The smallest absolute Gasteiger partial charge is 0.335 e. The van der Waals surface area contributed by atoms with Crippen molar-refractivity contribution in [2.75, 3.05) is 11.4 Å². The van der Waals surface area contributed by atoms with Gasteiger partial charge in [0.2, 0.25) is 5.91 Å². The zero-order valence-corrected chi connectivity index (χ0v) is 10.1. The number of fused-ring (bicyclic) bond motifs is 1. The summed E-state index contributed by atoms with van der Waals surface area (Å²) in [5.41, 5.74) is 2.03. The Bertz CT molecular complexity index is 508. The zero-order valence-electron chi connectivity index (χ0n) is 10.1. The van der Waals surface area contributed by atoms with E-state index in [1.165, 1.54) is 0 Å². The highest BCUT2D eigenvalue weighted by atomic mass is 16.4. The van der Waals surface area contributed by atoms with Crippen molar-refractivity contribution < 1.29 is 14.7 Å². The molecule has 0 unspecified atom stereocenters. The number of hydrogen-bond donors (Lipinski definition) is 1. The number of anilines is 1. The molecule has 0 aliphatic carbocycles. The topological polar surface area (TPSA) is 57.6 Å². The molecule has 1 aromatic rings. The predicted octanol–water partition coefficient (Wildman–Crippen LogP) is 2.24. The van der Waals surface area contributed by atoms with Gasteiger partial charge in [-0.3, -0.25) is 4.79 Å². The first-order chi connectivity index (χ1) is 8.63. The van der Waals surface area contributed by atoms with Crippen molar-refractivity contribution in [1.82, 2.24) is 0 Å². The number of benzene rings is 1. The quantitative estimate of drug-likeness (QED) is 0.828. The first kappa shape index (κ1) is 12.4. The number of amides is 1. The molecule has 4 nitrogen and oxygen atoms in total. The van der Waals surface area contributed by atoms with Gasteiger partial charge in [0.05, 0.1) is 5.56 Å². The van der Waals surface area contributed by atoms with Crippen LogP contribution in [-0.4, -0.2) is 23.5 Å². The molecule has 1 amide bonds. The summed E-state index contributed by atoms with van der Waals surface area (Å²) in [5, 5.41) is 8.95. The minimum Gasteiger partial charge on any atom is -0.478 e. The van der Waals surface area contributed by atoms with Crippen molar-refractivity contribution in [3.63, 3.8) is 0 Å². The van der Waals surface area contributed by atoms with Gasteiger partial charge < -0.3 is 10.0 Å². The van der Waals surface area contributed by atoms with E-state index in [1.54, 1.807) is 29.2 Å². The fourth-order valence-corrected chi connectivity index (χ4v) is 2.16. The lowest BCUT2D eigenvalue weighted by molar-refractivity contribution is -0.118. The Morgan fingerprint density at radius 1 is 1.44 bits per heavy atom. The Hall–Kier alpha value is -2.10. The molecule has 0 radical (unpaired) electrons. The first-order valence-corrected chi connectivity index (χ1v) is 5.91. The van der Waals surface area contributed by atoms with Crippen LogP contribution in [0.2, 0.25) is 0 Å². The summed E-state index contributed by atoms with van der Waals surface area (Å²) in [7, 11) is 0. The molecule has 0 atom stereocenters. The Morgan fingerprint density at radius 3 is 2.89 bits per heavy atom. The molecule has 0 saturated carbocycles. The maximum atomic E-state index is 11.9. The number of carbonyl (C=O) groups excluding carboxylic acids is 1. The third-order valence-electron chi connectivity index (χ3n) is 3.08. The number of aryl methyl sites for hydroxylation is 1. The van der Waals surface area contributed by atoms with E-state index in [4.69, 9.17) is 5.11 Å². The maximum Gasteiger partial charge on any atom is 0.335 e. The van der Waals surface area contributed by atoms with Gasteiger partial charge in [0.1, 0.15) is 0 Å². The molecular weight excluding hydrogens is 230 g/mol. The molecule has 1 aromatic carbocycles. The van der Waals surface area contributed by atoms with Crippen LogP contribution in [0, 0.1) is 0 Å². The maximum absolute atomic E-state index is 11.9. The minimum atomic E-state index is -0.938. The fourth-order valence-electron chi connectivity index (χ4n) is 2.16. The monoisotopic (exact) mass is 245 g/mol. The summed E-state index contributed by atoms with van der Waals surface area (Å²) in [6.45, 7) is 4.25. The number of aromatic carboxylic acids is 1. The van der Waals surface area contributed by atoms with Gasteiger partial charge in [0.25, 0.3) is 0 Å². The van der Waals surface area contributed by atoms with Gasteiger partial charge in [-0.05, 0) is 36.6 Å². The molecule has 1 aliphatic rings. The van der Waals surface area contributed by atoms with E-state index in [0.717, 1.165) is 17.7 Å². The van der Waals surface area contributed by atoms with Crippen LogP contribution in [-0.2, 0) is 11.2 Å². The molecule has 94 valence electrons. The molecular formula is C14H15NO3. The highest BCUT2D eigenvalue weighted by Gasteiger charge is 2.24. The average Bonchev–Trinajstić information content (AvgIpc) is 2.37. The van der Waals surface area contributed by atoms with E-state index in [9.17, 15) is 9.59 Å². The Labute approximate surface area is 106 Å². The van der Waals surface area contributed by atoms with Crippen LogP contribution in [0.15, 0.2) is 30.9 Å². The number of hydrogen-bond acceptors (Lipinski definition) is 2. The molecule has 0 fully saturated rings. The van der Waals surface area contributed by atoms with Crippen molar-refractivity contribution in [3.05, 3.63) is 42.0 Å². The number of rotatable bonds is 4. The van der Waals surface area contributed by atoms with E-state index in [1.807, 2.05) is 0 Å². The summed E-state index contributed by atoms with van der Waals surface area (Å²) in [6.07, 6.45) is 3.55. The van der Waals surface area contributed by atoms with Gasteiger partial charge in [0, 0.05) is 18.7 Å². The Balaban J connectivity index is 2.35. The molecule has 0 spiro atoms.